The molecule has 0 radical (unpaired) electrons. The van der Waals surface area contributed by atoms with E-state index in [4.69, 9.17) is 0 Å². The molecule has 2 heterocycles. The highest BCUT2D eigenvalue weighted by Gasteiger charge is 2.36. The van der Waals surface area contributed by atoms with Crippen LogP contribution in [0.4, 0.5) is 5.69 Å². The SMILES string of the molecule is CCCCCCCCCCCCN1C(=O)c2ccc3c4ccc5c6c(ccc(c7ccc(c2c37)C1=O)c64)C(=O)N(Cc1ccc(NC)cc1)C5=O. The van der Waals surface area contributed by atoms with Crippen molar-refractivity contribution in [3.8, 4) is 0 Å². The summed E-state index contributed by atoms with van der Waals surface area (Å²) >= 11 is 0. The maximum atomic E-state index is 13.9. The average molecular weight is 678 g/mol. The highest BCUT2D eigenvalue weighted by Crippen LogP contribution is 2.46. The molecule has 0 bridgehead atoms. The van der Waals surface area contributed by atoms with Gasteiger partial charge in [-0.05, 0) is 80.7 Å². The largest absolute Gasteiger partial charge is 0.388 e. The van der Waals surface area contributed by atoms with Crippen LogP contribution in [-0.4, -0.2) is 47.0 Å². The fraction of sp³-hybridized carbons (Fsp3) is 0.318. The molecule has 258 valence electrons. The van der Waals surface area contributed by atoms with Crippen LogP contribution >= 0.6 is 0 Å². The Labute approximate surface area is 297 Å². The molecule has 0 atom stereocenters. The van der Waals surface area contributed by atoms with Crippen molar-refractivity contribution in [2.45, 2.75) is 77.7 Å². The zero-order chi connectivity index (χ0) is 35.2. The highest BCUT2D eigenvalue weighted by atomic mass is 16.2. The van der Waals surface area contributed by atoms with Gasteiger partial charge in [0.15, 0.2) is 0 Å². The lowest BCUT2D eigenvalue weighted by Gasteiger charge is -2.30. The number of hydrogen-bond acceptors (Lipinski definition) is 5. The number of nitrogens with zero attached hydrogens (tertiary/aromatic N) is 2. The van der Waals surface area contributed by atoms with E-state index in [9.17, 15) is 19.2 Å². The smallest absolute Gasteiger partial charge is 0.261 e. The third-order valence-corrected chi connectivity index (χ3v) is 11.1. The number of amides is 4. The lowest BCUT2D eigenvalue weighted by atomic mass is 9.82. The van der Waals surface area contributed by atoms with Gasteiger partial charge in [-0.25, -0.2) is 0 Å². The first-order chi connectivity index (χ1) is 24.9. The van der Waals surface area contributed by atoms with E-state index >= 15 is 0 Å². The summed E-state index contributed by atoms with van der Waals surface area (Å²) in [4.78, 5) is 58.4. The minimum atomic E-state index is -0.316. The Hall–Kier alpha value is -5.30. The van der Waals surface area contributed by atoms with E-state index in [2.05, 4.69) is 12.2 Å². The van der Waals surface area contributed by atoms with Crippen LogP contribution in [0.15, 0.2) is 72.8 Å². The van der Waals surface area contributed by atoms with Crippen molar-refractivity contribution < 1.29 is 19.2 Å². The Morgan fingerprint density at radius 2 is 0.843 bits per heavy atom. The lowest BCUT2D eigenvalue weighted by molar-refractivity contribution is 0.0587. The maximum absolute atomic E-state index is 13.9. The number of imide groups is 2. The molecule has 4 amide bonds. The second-order valence-electron chi connectivity index (χ2n) is 14.2. The van der Waals surface area contributed by atoms with Gasteiger partial charge in [0.1, 0.15) is 0 Å². The van der Waals surface area contributed by atoms with Gasteiger partial charge < -0.3 is 5.32 Å². The van der Waals surface area contributed by atoms with Gasteiger partial charge in [-0.3, -0.25) is 29.0 Å². The number of hydrogen-bond donors (Lipinski definition) is 1. The van der Waals surface area contributed by atoms with E-state index < -0.39 is 0 Å². The fourth-order valence-electron chi connectivity index (χ4n) is 8.43. The molecule has 8 rings (SSSR count). The third kappa shape index (κ3) is 5.41. The number of nitrogens with one attached hydrogen (secondary N) is 1. The Morgan fingerprint density at radius 3 is 1.25 bits per heavy atom. The number of benzene rings is 6. The van der Waals surface area contributed by atoms with Crippen LogP contribution in [0, 0.1) is 0 Å². The quantitative estimate of drug-likeness (QED) is 0.0537. The van der Waals surface area contributed by atoms with Crippen molar-refractivity contribution in [3.63, 3.8) is 0 Å². The van der Waals surface area contributed by atoms with E-state index in [1.807, 2.05) is 79.8 Å². The summed E-state index contributed by atoms with van der Waals surface area (Å²) in [5.41, 5.74) is 3.92. The molecule has 2 aliphatic rings. The predicted octanol–water partition coefficient (Wildman–Crippen LogP) is 10.1. The van der Waals surface area contributed by atoms with E-state index in [1.165, 1.54) is 54.7 Å². The Bertz CT molecular complexity index is 2240. The van der Waals surface area contributed by atoms with Gasteiger partial charge >= 0.3 is 0 Å². The van der Waals surface area contributed by atoms with Crippen molar-refractivity contribution in [1.82, 2.24) is 9.80 Å². The van der Waals surface area contributed by atoms with Crippen molar-refractivity contribution in [1.29, 1.82) is 0 Å². The highest BCUT2D eigenvalue weighted by molar-refractivity contribution is 6.41. The first-order valence-electron chi connectivity index (χ1n) is 18.6. The number of carbonyl (C=O) groups excluding carboxylic acids is 4. The van der Waals surface area contributed by atoms with E-state index in [0.29, 0.717) is 39.6 Å². The molecule has 0 saturated heterocycles. The summed E-state index contributed by atoms with van der Waals surface area (Å²) in [5, 5.41) is 9.77. The summed E-state index contributed by atoms with van der Waals surface area (Å²) in [7, 11) is 1.85. The zero-order valence-electron chi connectivity index (χ0n) is 29.4. The van der Waals surface area contributed by atoms with Gasteiger partial charge in [-0.1, -0.05) is 101 Å². The number of rotatable bonds is 14. The predicted molar refractivity (Wildman–Crippen MR) is 205 cm³/mol. The molecule has 7 nitrogen and oxygen atoms in total. The Morgan fingerprint density at radius 1 is 0.451 bits per heavy atom. The number of carbonyl (C=O) groups is 4. The molecular weight excluding hydrogens is 635 g/mol. The van der Waals surface area contributed by atoms with Crippen LogP contribution in [0.5, 0.6) is 0 Å². The molecule has 0 fully saturated rings. The maximum Gasteiger partial charge on any atom is 0.261 e. The molecule has 0 saturated carbocycles. The van der Waals surface area contributed by atoms with Gasteiger partial charge in [-0.15, -0.1) is 0 Å². The molecule has 51 heavy (non-hydrogen) atoms. The summed E-state index contributed by atoms with van der Waals surface area (Å²) in [6, 6.07) is 22.9. The van der Waals surface area contributed by atoms with Crippen LogP contribution in [0.25, 0.3) is 43.1 Å². The number of fused-ring (bicyclic) bond motifs is 2. The normalized spacial score (nSPS) is 14.3. The summed E-state index contributed by atoms with van der Waals surface area (Å²) in [6.45, 7) is 2.84. The van der Waals surface area contributed by atoms with Gasteiger partial charge in [0, 0.05) is 52.3 Å². The zero-order valence-corrected chi connectivity index (χ0v) is 29.4. The second kappa shape index (κ2) is 13.4. The van der Waals surface area contributed by atoms with Crippen LogP contribution < -0.4 is 5.32 Å². The molecule has 7 heteroatoms. The van der Waals surface area contributed by atoms with Crippen molar-refractivity contribution in [2.75, 3.05) is 18.9 Å². The third-order valence-electron chi connectivity index (χ3n) is 11.1. The average Bonchev–Trinajstić information content (AvgIpc) is 3.16. The first-order valence-corrected chi connectivity index (χ1v) is 18.6. The standard InChI is InChI=1S/C44H43N3O4/c1-3-4-5-6-7-8-9-10-11-12-25-46-41(48)33-21-17-29-31-19-23-35-40-36(44(51)47(43(35)50)26-27-13-15-28(45-2)16-14-27)24-20-32(38(31)40)30-18-22-34(42(46)49)39(33)37(29)30/h13-24,45H,3-12,25-26H2,1-2H3. The molecule has 6 aromatic rings. The minimum absolute atomic E-state index is 0.179. The molecule has 1 N–H and O–H groups in total. The molecule has 0 spiro atoms. The van der Waals surface area contributed by atoms with Crippen molar-refractivity contribution in [2.24, 2.45) is 0 Å². The van der Waals surface area contributed by atoms with Crippen molar-refractivity contribution >= 4 is 72.4 Å². The molecular formula is C44H43N3O4. The summed E-state index contributed by atoms with van der Waals surface area (Å²) < 4.78 is 0. The van der Waals surface area contributed by atoms with E-state index in [0.717, 1.165) is 62.8 Å². The summed E-state index contributed by atoms with van der Waals surface area (Å²) in [5.74, 6) is -1.10. The first kappa shape index (κ1) is 32.9. The topological polar surface area (TPSA) is 86.8 Å². The van der Waals surface area contributed by atoms with Crippen LogP contribution in [0.3, 0.4) is 0 Å². The van der Waals surface area contributed by atoms with Crippen molar-refractivity contribution in [3.05, 3.63) is 101 Å². The van der Waals surface area contributed by atoms with Crippen LogP contribution in [0.2, 0.25) is 0 Å². The van der Waals surface area contributed by atoms with Crippen LogP contribution in [-0.2, 0) is 6.54 Å². The van der Waals surface area contributed by atoms with E-state index in [1.54, 1.807) is 0 Å². The van der Waals surface area contributed by atoms with E-state index in [-0.39, 0.29) is 30.2 Å². The molecule has 0 aliphatic carbocycles. The Kier molecular flexibility index (Phi) is 8.66. The van der Waals surface area contributed by atoms with Gasteiger partial charge in [0.2, 0.25) is 0 Å². The number of unbranched alkanes of at least 4 members (excludes halogenated alkanes) is 9. The molecule has 2 aliphatic heterocycles. The monoisotopic (exact) mass is 677 g/mol. The van der Waals surface area contributed by atoms with Gasteiger partial charge in [-0.2, -0.15) is 0 Å². The minimum Gasteiger partial charge on any atom is -0.388 e. The van der Waals surface area contributed by atoms with Gasteiger partial charge in [0.25, 0.3) is 23.6 Å². The lowest BCUT2D eigenvalue weighted by Crippen LogP contribution is -2.40. The summed E-state index contributed by atoms with van der Waals surface area (Å²) in [6.07, 6.45) is 11.9. The van der Waals surface area contributed by atoms with Crippen LogP contribution in [0.1, 0.15) is 118 Å². The fourth-order valence-corrected chi connectivity index (χ4v) is 8.43. The molecule has 0 aromatic heterocycles. The molecule has 0 unspecified atom stereocenters. The number of anilines is 1. The van der Waals surface area contributed by atoms with Gasteiger partial charge in [0.05, 0.1) is 6.54 Å². The second-order valence-corrected chi connectivity index (χ2v) is 14.2. The molecule has 6 aromatic carbocycles. The Balaban J connectivity index is 1.10.